The van der Waals surface area contributed by atoms with Crippen LogP contribution in [0.4, 0.5) is 14.5 Å². The fraction of sp³-hybridized carbons (Fsp3) is 0.478. The maximum absolute atomic E-state index is 14.3. The van der Waals surface area contributed by atoms with Crippen molar-refractivity contribution in [2.45, 2.75) is 57.9 Å². The third kappa shape index (κ3) is 5.09. The van der Waals surface area contributed by atoms with Crippen molar-refractivity contribution in [2.75, 3.05) is 11.0 Å². The van der Waals surface area contributed by atoms with Gasteiger partial charge < -0.3 is 5.32 Å². The smallest absolute Gasteiger partial charge is 0.230 e. The molecule has 6 nitrogen and oxygen atoms in total. The van der Waals surface area contributed by atoms with Crippen molar-refractivity contribution in [3.05, 3.63) is 58.9 Å². The summed E-state index contributed by atoms with van der Waals surface area (Å²) >= 11 is 0. The van der Waals surface area contributed by atoms with Crippen LogP contribution in [0.1, 0.15) is 63.9 Å². The van der Waals surface area contributed by atoms with Gasteiger partial charge in [-0.1, -0.05) is 33.8 Å². The molecule has 1 aromatic heterocycles. The van der Waals surface area contributed by atoms with Gasteiger partial charge in [0, 0.05) is 28.6 Å². The Bertz CT molecular complexity index is 1120. The minimum absolute atomic E-state index is 0.0634. The number of anilines is 1. The fourth-order valence-electron chi connectivity index (χ4n) is 3.76. The standard InChI is InChI=1S/C23H29F2N3O3S/c1-13(14-9-17(24)20(18(25)10-14)28-32(6,30)31)27-21(29)16-11-23(16,5)15-7-8-19(26-12-15)22(2,3)4/h7-10,12-13,16,28H,11H2,1-6H3,(H,27,29)/t13-,16?,23?/m1/s1. The highest BCUT2D eigenvalue weighted by atomic mass is 32.2. The molecule has 1 aliphatic carbocycles. The van der Waals surface area contributed by atoms with Crippen molar-refractivity contribution < 1.29 is 22.0 Å². The van der Waals surface area contributed by atoms with Crippen molar-refractivity contribution in [1.29, 1.82) is 0 Å². The van der Waals surface area contributed by atoms with Crippen LogP contribution in [-0.2, 0) is 25.6 Å². The van der Waals surface area contributed by atoms with Gasteiger partial charge >= 0.3 is 0 Å². The van der Waals surface area contributed by atoms with Gasteiger partial charge in [-0.05, 0) is 42.7 Å². The lowest BCUT2D eigenvalue weighted by Gasteiger charge is -2.20. The first-order valence-corrected chi connectivity index (χ1v) is 12.2. The lowest BCUT2D eigenvalue weighted by Crippen LogP contribution is -2.30. The molecule has 1 heterocycles. The lowest BCUT2D eigenvalue weighted by molar-refractivity contribution is -0.123. The Balaban J connectivity index is 1.70. The molecule has 2 unspecified atom stereocenters. The largest absolute Gasteiger partial charge is 0.349 e. The van der Waals surface area contributed by atoms with Crippen molar-refractivity contribution >= 4 is 21.6 Å². The van der Waals surface area contributed by atoms with Crippen molar-refractivity contribution in [3.8, 4) is 0 Å². The van der Waals surface area contributed by atoms with Gasteiger partial charge in [0.1, 0.15) is 5.69 Å². The molecule has 32 heavy (non-hydrogen) atoms. The zero-order valence-corrected chi connectivity index (χ0v) is 19.9. The number of amides is 1. The van der Waals surface area contributed by atoms with Gasteiger partial charge in [-0.25, -0.2) is 17.2 Å². The molecule has 0 saturated heterocycles. The molecule has 9 heteroatoms. The van der Waals surface area contributed by atoms with E-state index in [0.29, 0.717) is 6.42 Å². The van der Waals surface area contributed by atoms with Gasteiger partial charge in [0.05, 0.1) is 12.3 Å². The Hall–Kier alpha value is -2.55. The summed E-state index contributed by atoms with van der Waals surface area (Å²) in [6.45, 7) is 9.87. The van der Waals surface area contributed by atoms with E-state index in [0.717, 1.165) is 29.6 Å². The van der Waals surface area contributed by atoms with Gasteiger partial charge in [0.2, 0.25) is 15.9 Å². The summed E-state index contributed by atoms with van der Waals surface area (Å²) in [5, 5.41) is 2.81. The molecule has 1 aliphatic rings. The minimum atomic E-state index is -3.83. The summed E-state index contributed by atoms with van der Waals surface area (Å²) in [6, 6.07) is 5.35. The molecule has 2 aromatic rings. The zero-order chi connectivity index (χ0) is 24.1. The van der Waals surface area contributed by atoms with E-state index in [1.165, 1.54) is 0 Å². The van der Waals surface area contributed by atoms with E-state index < -0.39 is 33.4 Å². The first kappa shape index (κ1) is 24.1. The Morgan fingerprint density at radius 1 is 1.22 bits per heavy atom. The molecule has 2 N–H and O–H groups in total. The molecule has 0 aliphatic heterocycles. The highest BCUT2D eigenvalue weighted by Gasteiger charge is 2.55. The van der Waals surface area contributed by atoms with Crippen molar-refractivity contribution in [1.82, 2.24) is 10.3 Å². The summed E-state index contributed by atoms with van der Waals surface area (Å²) in [5.41, 5.74) is 1.00. The number of sulfonamides is 1. The molecule has 3 rings (SSSR count). The third-order valence-electron chi connectivity index (χ3n) is 5.96. The first-order chi connectivity index (χ1) is 14.6. The normalized spacial score (nSPS) is 21.7. The number of rotatable bonds is 6. The van der Waals surface area contributed by atoms with Gasteiger partial charge in [-0.3, -0.25) is 14.5 Å². The van der Waals surface area contributed by atoms with Crippen molar-refractivity contribution in [2.24, 2.45) is 5.92 Å². The van der Waals surface area contributed by atoms with E-state index in [9.17, 15) is 22.0 Å². The molecule has 1 saturated carbocycles. The number of hydrogen-bond acceptors (Lipinski definition) is 4. The molecule has 1 amide bonds. The van der Waals surface area contributed by atoms with Gasteiger partial charge in [-0.15, -0.1) is 0 Å². The van der Waals surface area contributed by atoms with E-state index in [1.807, 2.05) is 30.0 Å². The Labute approximate surface area is 187 Å². The van der Waals surface area contributed by atoms with Gasteiger partial charge in [0.25, 0.3) is 0 Å². The van der Waals surface area contributed by atoms with E-state index in [4.69, 9.17) is 0 Å². The van der Waals surface area contributed by atoms with Crippen LogP contribution in [0, 0.1) is 17.6 Å². The third-order valence-corrected chi connectivity index (χ3v) is 6.53. The maximum Gasteiger partial charge on any atom is 0.230 e. The fourth-order valence-corrected chi connectivity index (χ4v) is 4.33. The second-order valence-corrected chi connectivity index (χ2v) is 11.6. The number of carbonyl (C=O) groups excluding carboxylic acids is 1. The number of nitrogens with one attached hydrogen (secondary N) is 2. The highest BCUT2D eigenvalue weighted by Crippen LogP contribution is 2.54. The predicted molar refractivity (Wildman–Crippen MR) is 120 cm³/mol. The van der Waals surface area contributed by atoms with Gasteiger partial charge in [0.15, 0.2) is 11.6 Å². The van der Waals surface area contributed by atoms with Crippen LogP contribution in [0.3, 0.4) is 0 Å². The number of nitrogens with zero attached hydrogens (tertiary/aromatic N) is 1. The Morgan fingerprint density at radius 3 is 2.28 bits per heavy atom. The lowest BCUT2D eigenvalue weighted by atomic mass is 9.90. The highest BCUT2D eigenvalue weighted by molar-refractivity contribution is 7.92. The van der Waals surface area contributed by atoms with E-state index in [-0.39, 0.29) is 28.2 Å². The molecule has 0 bridgehead atoms. The average Bonchev–Trinajstić information content (AvgIpc) is 3.36. The first-order valence-electron chi connectivity index (χ1n) is 10.4. The van der Waals surface area contributed by atoms with E-state index in [1.54, 1.807) is 6.92 Å². The summed E-state index contributed by atoms with van der Waals surface area (Å²) in [5.74, 6) is -2.58. The van der Waals surface area contributed by atoms with Crippen LogP contribution < -0.4 is 10.0 Å². The number of halogens is 2. The monoisotopic (exact) mass is 465 g/mol. The van der Waals surface area contributed by atoms with Crippen LogP contribution in [-0.4, -0.2) is 25.6 Å². The Morgan fingerprint density at radius 2 is 1.81 bits per heavy atom. The molecule has 3 atom stereocenters. The molecule has 174 valence electrons. The molecular weight excluding hydrogens is 436 g/mol. The molecule has 1 aromatic carbocycles. The van der Waals surface area contributed by atoms with Gasteiger partial charge in [-0.2, -0.15) is 0 Å². The predicted octanol–water partition coefficient (Wildman–Crippen LogP) is 4.18. The summed E-state index contributed by atoms with van der Waals surface area (Å²) in [6.07, 6.45) is 3.28. The van der Waals surface area contributed by atoms with Crippen molar-refractivity contribution in [3.63, 3.8) is 0 Å². The zero-order valence-electron chi connectivity index (χ0n) is 19.1. The second kappa shape index (κ2) is 8.10. The number of aromatic nitrogens is 1. The topological polar surface area (TPSA) is 88.2 Å². The second-order valence-electron chi connectivity index (χ2n) is 9.82. The summed E-state index contributed by atoms with van der Waals surface area (Å²) < 4.78 is 53.0. The summed E-state index contributed by atoms with van der Waals surface area (Å²) in [7, 11) is -3.83. The number of hydrogen-bond donors (Lipinski definition) is 2. The SMILES string of the molecule is C[C@@H](NC(=O)C1CC1(C)c1ccc(C(C)(C)C)nc1)c1cc(F)c(NS(C)(=O)=O)c(F)c1. The quantitative estimate of drug-likeness (QED) is 0.670. The van der Waals surface area contributed by atoms with Crippen LogP contribution in [0.2, 0.25) is 0 Å². The maximum atomic E-state index is 14.3. The molecule has 1 fully saturated rings. The average molecular weight is 466 g/mol. The van der Waals surface area contributed by atoms with E-state index in [2.05, 4.69) is 31.1 Å². The number of benzene rings is 1. The summed E-state index contributed by atoms with van der Waals surface area (Å²) in [4.78, 5) is 17.4. The molecule has 0 spiro atoms. The molecular formula is C23H29F2N3O3S. The Kier molecular flexibility index (Phi) is 6.10. The minimum Gasteiger partial charge on any atom is -0.349 e. The van der Waals surface area contributed by atoms with Crippen LogP contribution in [0.15, 0.2) is 30.5 Å². The number of pyridine rings is 1. The van der Waals surface area contributed by atoms with Crippen LogP contribution in [0.25, 0.3) is 0 Å². The van der Waals surface area contributed by atoms with Crippen LogP contribution >= 0.6 is 0 Å². The van der Waals surface area contributed by atoms with Crippen LogP contribution in [0.5, 0.6) is 0 Å². The van der Waals surface area contributed by atoms with E-state index >= 15 is 0 Å². The molecule has 0 radical (unpaired) electrons. The number of carbonyl (C=O) groups is 1.